The summed E-state index contributed by atoms with van der Waals surface area (Å²) in [6, 6.07) is 7.27. The normalized spacial score (nSPS) is 12.4. The number of hydrogen-bond donors (Lipinski definition) is 1. The van der Waals surface area contributed by atoms with Crippen molar-refractivity contribution in [2.45, 2.75) is 26.3 Å². The third-order valence-electron chi connectivity index (χ3n) is 3.62. The topological polar surface area (TPSA) is 64.1 Å². The molecule has 0 bridgehead atoms. The van der Waals surface area contributed by atoms with Crippen molar-refractivity contribution in [3.63, 3.8) is 0 Å². The lowest BCUT2D eigenvalue weighted by Gasteiger charge is -2.04. The van der Waals surface area contributed by atoms with Crippen LogP contribution in [0, 0.1) is 0 Å². The number of nitrogens with one attached hydrogen (secondary N) is 1. The Labute approximate surface area is 140 Å². The van der Waals surface area contributed by atoms with Crippen molar-refractivity contribution < 1.29 is 4.74 Å². The van der Waals surface area contributed by atoms with E-state index in [1.807, 2.05) is 19.1 Å². The molecule has 1 aromatic carbocycles. The summed E-state index contributed by atoms with van der Waals surface area (Å²) in [5.74, 6) is 0.731. The molecule has 2 aromatic rings. The second-order valence-corrected chi connectivity index (χ2v) is 5.37. The summed E-state index contributed by atoms with van der Waals surface area (Å²) < 4.78 is 6.57. The number of aromatic nitrogens is 2. The van der Waals surface area contributed by atoms with Crippen LogP contribution < -0.4 is 26.6 Å². The Kier molecular flexibility index (Phi) is 5.95. The van der Waals surface area contributed by atoms with Gasteiger partial charge in [-0.1, -0.05) is 37.6 Å². The van der Waals surface area contributed by atoms with Crippen LogP contribution in [0.3, 0.4) is 0 Å². The van der Waals surface area contributed by atoms with E-state index in [0.717, 1.165) is 24.2 Å². The van der Waals surface area contributed by atoms with Gasteiger partial charge in [-0.15, -0.1) is 6.58 Å². The van der Waals surface area contributed by atoms with Crippen LogP contribution >= 0.6 is 0 Å². The maximum Gasteiger partial charge on any atom is 0.274 e. The Hall–Kier alpha value is -2.82. The van der Waals surface area contributed by atoms with Gasteiger partial charge in [0.15, 0.2) is 0 Å². The Balaban J connectivity index is 2.70. The first-order valence-electron chi connectivity index (χ1n) is 7.90. The van der Waals surface area contributed by atoms with E-state index in [2.05, 4.69) is 11.6 Å². The minimum absolute atomic E-state index is 0.220. The smallest absolute Gasteiger partial charge is 0.274 e. The molecule has 0 saturated heterocycles. The number of hydrogen-bond acceptors (Lipinski definition) is 3. The van der Waals surface area contributed by atoms with E-state index < -0.39 is 0 Å². The molecule has 0 aliphatic heterocycles. The lowest BCUT2D eigenvalue weighted by Crippen LogP contribution is -2.53. The molecule has 0 fully saturated rings. The van der Waals surface area contributed by atoms with Crippen LogP contribution in [0.25, 0.3) is 12.2 Å². The van der Waals surface area contributed by atoms with E-state index in [0.29, 0.717) is 10.7 Å². The van der Waals surface area contributed by atoms with Gasteiger partial charge in [0.2, 0.25) is 0 Å². The van der Waals surface area contributed by atoms with Crippen molar-refractivity contribution in [1.29, 1.82) is 0 Å². The number of rotatable bonds is 6. The van der Waals surface area contributed by atoms with E-state index in [9.17, 15) is 9.59 Å². The van der Waals surface area contributed by atoms with Gasteiger partial charge in [0.25, 0.3) is 11.1 Å². The van der Waals surface area contributed by atoms with Crippen molar-refractivity contribution in [1.82, 2.24) is 9.55 Å². The van der Waals surface area contributed by atoms with Crippen molar-refractivity contribution in [3.05, 3.63) is 73.9 Å². The predicted molar refractivity (Wildman–Crippen MR) is 96.7 cm³/mol. The second kappa shape index (κ2) is 8.15. The van der Waals surface area contributed by atoms with E-state index in [1.54, 1.807) is 37.5 Å². The SMILES string of the molecule is C=CCn1c(=O)/c(=C/CCC)[nH]c(=O)/c1=C/c1ccc(OC)cc1. The van der Waals surface area contributed by atoms with Crippen LogP contribution in [0.15, 0.2) is 46.5 Å². The van der Waals surface area contributed by atoms with Crippen molar-refractivity contribution in [2.24, 2.45) is 0 Å². The minimum Gasteiger partial charge on any atom is -0.497 e. The van der Waals surface area contributed by atoms with E-state index in [-0.39, 0.29) is 17.7 Å². The second-order valence-electron chi connectivity index (χ2n) is 5.37. The summed E-state index contributed by atoms with van der Waals surface area (Å²) in [6.07, 6.45) is 6.70. The number of H-pyrrole nitrogens is 1. The standard InChI is InChI=1S/C19H22N2O3/c1-4-6-7-16-19(23)21(12-5-2)17(18(22)20-16)13-14-8-10-15(24-3)11-9-14/h5,7-11,13H,2,4,6,12H2,1,3H3,(H,20,22)/b16-7-,17-13-. The van der Waals surface area contributed by atoms with E-state index in [1.165, 1.54) is 4.57 Å². The number of allylic oxidation sites excluding steroid dienone is 1. The Morgan fingerprint density at radius 2 is 1.96 bits per heavy atom. The highest BCUT2D eigenvalue weighted by Crippen LogP contribution is 2.11. The van der Waals surface area contributed by atoms with Crippen LogP contribution in [0.1, 0.15) is 25.3 Å². The van der Waals surface area contributed by atoms with Crippen LogP contribution in [0.4, 0.5) is 0 Å². The molecule has 0 amide bonds. The zero-order chi connectivity index (χ0) is 17.5. The molecular weight excluding hydrogens is 304 g/mol. The Bertz CT molecular complexity index is 935. The summed E-state index contributed by atoms with van der Waals surface area (Å²) >= 11 is 0. The van der Waals surface area contributed by atoms with Crippen molar-refractivity contribution >= 4 is 12.2 Å². The highest BCUT2D eigenvalue weighted by Gasteiger charge is 2.04. The third kappa shape index (κ3) is 3.93. The first-order valence-corrected chi connectivity index (χ1v) is 7.90. The lowest BCUT2D eigenvalue weighted by molar-refractivity contribution is 0.415. The number of benzene rings is 1. The first kappa shape index (κ1) is 17.5. The van der Waals surface area contributed by atoms with Gasteiger partial charge in [-0.05, 0) is 30.2 Å². The van der Waals surface area contributed by atoms with Gasteiger partial charge < -0.3 is 9.72 Å². The summed E-state index contributed by atoms with van der Waals surface area (Å²) in [5.41, 5.74) is 0.293. The van der Waals surface area contributed by atoms with E-state index in [4.69, 9.17) is 4.74 Å². The molecule has 1 aromatic heterocycles. The fourth-order valence-electron chi connectivity index (χ4n) is 2.36. The summed E-state index contributed by atoms with van der Waals surface area (Å²) in [5, 5.41) is 0.634. The Morgan fingerprint density at radius 1 is 1.25 bits per heavy atom. The molecule has 0 aliphatic carbocycles. The predicted octanol–water partition coefficient (Wildman–Crippen LogP) is 1.14. The van der Waals surface area contributed by atoms with Gasteiger partial charge >= 0.3 is 0 Å². The summed E-state index contributed by atoms with van der Waals surface area (Å²) in [4.78, 5) is 27.7. The molecule has 1 heterocycles. The minimum atomic E-state index is -0.297. The molecule has 0 radical (unpaired) electrons. The molecule has 2 rings (SSSR count). The number of nitrogens with zero attached hydrogens (tertiary/aromatic N) is 1. The summed E-state index contributed by atoms with van der Waals surface area (Å²) in [6.45, 7) is 5.97. The van der Waals surface area contributed by atoms with Crippen LogP contribution in [-0.4, -0.2) is 16.7 Å². The number of aromatic amines is 1. The molecule has 0 unspecified atom stereocenters. The third-order valence-corrected chi connectivity index (χ3v) is 3.62. The quantitative estimate of drug-likeness (QED) is 0.810. The zero-order valence-electron chi connectivity index (χ0n) is 14.0. The van der Waals surface area contributed by atoms with Crippen molar-refractivity contribution in [2.75, 3.05) is 7.11 Å². The first-order chi connectivity index (χ1) is 11.6. The fourth-order valence-corrected chi connectivity index (χ4v) is 2.36. The fraction of sp³-hybridized carbons (Fsp3) is 0.263. The molecule has 5 nitrogen and oxygen atoms in total. The molecule has 0 saturated carbocycles. The zero-order valence-corrected chi connectivity index (χ0v) is 14.0. The monoisotopic (exact) mass is 326 g/mol. The van der Waals surface area contributed by atoms with Gasteiger partial charge in [0, 0.05) is 6.54 Å². The molecule has 24 heavy (non-hydrogen) atoms. The van der Waals surface area contributed by atoms with Crippen LogP contribution in [0.5, 0.6) is 5.75 Å². The molecule has 0 spiro atoms. The van der Waals surface area contributed by atoms with Gasteiger partial charge in [-0.25, -0.2) is 0 Å². The Morgan fingerprint density at radius 3 is 2.54 bits per heavy atom. The maximum absolute atomic E-state index is 12.6. The number of methoxy groups -OCH3 is 1. The average Bonchev–Trinajstić information content (AvgIpc) is 2.60. The van der Waals surface area contributed by atoms with E-state index >= 15 is 0 Å². The maximum atomic E-state index is 12.6. The van der Waals surface area contributed by atoms with Gasteiger partial charge in [0.1, 0.15) is 16.4 Å². The largest absolute Gasteiger partial charge is 0.497 e. The van der Waals surface area contributed by atoms with Crippen LogP contribution in [-0.2, 0) is 6.54 Å². The highest BCUT2D eigenvalue weighted by atomic mass is 16.5. The highest BCUT2D eigenvalue weighted by molar-refractivity contribution is 5.49. The molecular formula is C19H22N2O3. The number of unbranched alkanes of at least 4 members (excludes halogenated alkanes) is 1. The van der Waals surface area contributed by atoms with Crippen molar-refractivity contribution in [3.8, 4) is 5.75 Å². The van der Waals surface area contributed by atoms with Gasteiger partial charge in [0.05, 0.1) is 7.11 Å². The average molecular weight is 326 g/mol. The summed E-state index contributed by atoms with van der Waals surface area (Å²) in [7, 11) is 1.59. The lowest BCUT2D eigenvalue weighted by atomic mass is 10.2. The van der Waals surface area contributed by atoms with Gasteiger partial charge in [-0.3, -0.25) is 14.2 Å². The number of ether oxygens (including phenoxy) is 1. The molecule has 126 valence electrons. The van der Waals surface area contributed by atoms with Crippen LogP contribution in [0.2, 0.25) is 0 Å². The molecule has 1 N–H and O–H groups in total. The molecule has 0 atom stereocenters. The van der Waals surface area contributed by atoms with Gasteiger partial charge in [-0.2, -0.15) is 0 Å². The molecule has 5 heteroatoms. The molecule has 0 aliphatic rings.